The highest BCUT2D eigenvalue weighted by atomic mass is 28.4. The van der Waals surface area contributed by atoms with Gasteiger partial charge in [-0.25, -0.2) is 9.59 Å². The van der Waals surface area contributed by atoms with Gasteiger partial charge in [0.15, 0.2) is 0 Å². The third-order valence-corrected chi connectivity index (χ3v) is 10.1. The van der Waals surface area contributed by atoms with E-state index in [0.717, 1.165) is 5.57 Å². The van der Waals surface area contributed by atoms with E-state index >= 15 is 0 Å². The van der Waals surface area contributed by atoms with Gasteiger partial charge in [0.05, 0.1) is 17.8 Å². The zero-order chi connectivity index (χ0) is 20.4. The van der Waals surface area contributed by atoms with Crippen LogP contribution in [0.5, 0.6) is 0 Å². The molecule has 150 valence electrons. The molecule has 0 aromatic rings. The van der Waals surface area contributed by atoms with Crippen molar-refractivity contribution in [1.29, 1.82) is 0 Å². The predicted molar refractivity (Wildman–Crippen MR) is 105 cm³/mol. The zero-order valence-electron chi connectivity index (χ0n) is 17.6. The van der Waals surface area contributed by atoms with E-state index in [4.69, 9.17) is 13.9 Å². The molecule has 0 N–H and O–H groups in total. The summed E-state index contributed by atoms with van der Waals surface area (Å²) in [7, 11) is -2.12. The molecular weight excluding hydrogens is 362 g/mol. The minimum absolute atomic E-state index is 0.0107. The first kappa shape index (κ1) is 20.0. The van der Waals surface area contributed by atoms with E-state index in [1.165, 1.54) is 0 Å². The van der Waals surface area contributed by atoms with Crippen LogP contribution in [0.2, 0.25) is 18.1 Å². The van der Waals surface area contributed by atoms with E-state index in [2.05, 4.69) is 33.9 Å². The van der Waals surface area contributed by atoms with Crippen molar-refractivity contribution in [2.45, 2.75) is 83.8 Å². The molecule has 27 heavy (non-hydrogen) atoms. The molecule has 3 rings (SSSR count). The van der Waals surface area contributed by atoms with Crippen molar-refractivity contribution in [2.75, 3.05) is 6.61 Å². The lowest BCUT2D eigenvalue weighted by atomic mass is 9.94. The monoisotopic (exact) mass is 393 g/mol. The Morgan fingerprint density at radius 2 is 1.85 bits per heavy atom. The third kappa shape index (κ3) is 3.53. The highest BCUT2D eigenvalue weighted by molar-refractivity contribution is 6.74. The van der Waals surface area contributed by atoms with Gasteiger partial charge in [-0.15, -0.1) is 0 Å². The Balaban J connectivity index is 1.98. The van der Waals surface area contributed by atoms with Crippen molar-refractivity contribution in [3.63, 3.8) is 0 Å². The summed E-state index contributed by atoms with van der Waals surface area (Å²) in [5.41, 5.74) is 0.814. The number of amides is 1. The zero-order valence-corrected chi connectivity index (χ0v) is 18.6. The van der Waals surface area contributed by atoms with Crippen LogP contribution in [-0.2, 0) is 18.7 Å². The number of hydrogen-bond donors (Lipinski definition) is 0. The topological polar surface area (TPSA) is 65.1 Å². The molecule has 0 aromatic carbocycles. The van der Waals surface area contributed by atoms with E-state index in [-0.39, 0.29) is 23.7 Å². The van der Waals surface area contributed by atoms with Gasteiger partial charge in [-0.2, -0.15) is 0 Å². The molecule has 7 heteroatoms. The average molecular weight is 394 g/mol. The third-order valence-electron chi connectivity index (χ3n) is 5.74. The average Bonchev–Trinajstić information content (AvgIpc) is 2.76. The SMILES string of the molecule is CC(C)(C)OC(=O)N1[C@@H]2C3=C[C@H]1CC(O[Si](C)(C)C(C)(C)C)=C2C(=O)OC3. The van der Waals surface area contributed by atoms with Crippen LogP contribution in [0.1, 0.15) is 48.0 Å². The van der Waals surface area contributed by atoms with Crippen LogP contribution in [0, 0.1) is 0 Å². The largest absolute Gasteiger partial charge is 0.546 e. The summed E-state index contributed by atoms with van der Waals surface area (Å²) in [5, 5.41) is 0.0107. The second kappa shape index (κ2) is 6.12. The quantitative estimate of drug-likeness (QED) is 0.401. The molecule has 0 radical (unpaired) electrons. The fraction of sp³-hybridized carbons (Fsp3) is 0.700. The summed E-state index contributed by atoms with van der Waals surface area (Å²) < 4.78 is 17.5. The van der Waals surface area contributed by atoms with Crippen LogP contribution in [-0.4, -0.2) is 49.6 Å². The van der Waals surface area contributed by atoms with Crippen LogP contribution >= 0.6 is 0 Å². The van der Waals surface area contributed by atoms with Crippen LogP contribution < -0.4 is 0 Å². The lowest BCUT2D eigenvalue weighted by molar-refractivity contribution is -0.141. The number of carbonyl (C=O) groups excluding carboxylic acids is 2. The summed E-state index contributed by atoms with van der Waals surface area (Å²) in [6, 6.07) is -0.600. The van der Waals surface area contributed by atoms with Gasteiger partial charge < -0.3 is 13.9 Å². The van der Waals surface area contributed by atoms with E-state index in [0.29, 0.717) is 17.8 Å². The summed E-state index contributed by atoms with van der Waals surface area (Å²) >= 11 is 0. The molecule has 1 saturated heterocycles. The number of carbonyl (C=O) groups is 2. The molecule has 2 bridgehead atoms. The van der Waals surface area contributed by atoms with E-state index in [1.807, 2.05) is 26.8 Å². The molecule has 0 unspecified atom stereocenters. The number of hydrogen-bond acceptors (Lipinski definition) is 5. The Morgan fingerprint density at radius 3 is 2.41 bits per heavy atom. The fourth-order valence-electron chi connectivity index (χ4n) is 3.42. The molecule has 0 spiro atoms. The number of esters is 1. The minimum atomic E-state index is -2.12. The molecule has 0 saturated carbocycles. The maximum Gasteiger partial charge on any atom is 0.411 e. The highest BCUT2D eigenvalue weighted by Crippen LogP contribution is 2.46. The predicted octanol–water partition coefficient (Wildman–Crippen LogP) is 4.14. The first-order chi connectivity index (χ1) is 12.2. The minimum Gasteiger partial charge on any atom is -0.546 e. The Labute approximate surface area is 162 Å². The normalized spacial score (nSPS) is 25.3. The fourth-order valence-corrected chi connectivity index (χ4v) is 4.53. The van der Waals surface area contributed by atoms with Gasteiger partial charge in [0.25, 0.3) is 0 Å². The molecule has 3 aliphatic heterocycles. The maximum atomic E-state index is 12.8. The second-order valence-electron chi connectivity index (χ2n) is 10.1. The van der Waals surface area contributed by atoms with Gasteiger partial charge in [0.1, 0.15) is 17.8 Å². The van der Waals surface area contributed by atoms with E-state index in [1.54, 1.807) is 4.90 Å². The molecular formula is C20H31NO5Si. The number of fused-ring (bicyclic) bond motifs is 1. The van der Waals surface area contributed by atoms with E-state index < -0.39 is 26.1 Å². The first-order valence-electron chi connectivity index (χ1n) is 9.52. The standard InChI is InChI=1S/C20H31NO5Si/c1-19(2,3)25-18(23)21-13-9-12-11-24-17(22)15(16(12)21)14(10-13)26-27(7,8)20(4,5)6/h9,13,16H,10-11H2,1-8H3/t13-,16+/m0/s1. The van der Waals surface area contributed by atoms with Crippen molar-refractivity contribution in [2.24, 2.45) is 0 Å². The van der Waals surface area contributed by atoms with Gasteiger partial charge in [-0.3, -0.25) is 4.90 Å². The molecule has 1 amide bonds. The van der Waals surface area contributed by atoms with Crippen LogP contribution in [0.25, 0.3) is 0 Å². The van der Waals surface area contributed by atoms with Crippen molar-refractivity contribution in [3.05, 3.63) is 23.0 Å². The molecule has 2 atom stereocenters. The molecule has 1 fully saturated rings. The molecule has 6 nitrogen and oxygen atoms in total. The highest BCUT2D eigenvalue weighted by Gasteiger charge is 2.53. The number of nitrogens with zero attached hydrogens (tertiary/aromatic N) is 1. The molecule has 0 aliphatic carbocycles. The number of cyclic esters (lactones) is 1. The van der Waals surface area contributed by atoms with Crippen molar-refractivity contribution < 1.29 is 23.5 Å². The number of rotatable bonds is 2. The number of ether oxygens (including phenoxy) is 2. The Morgan fingerprint density at radius 1 is 1.22 bits per heavy atom. The summed E-state index contributed by atoms with van der Waals surface area (Å²) in [5.74, 6) is 0.298. The molecule has 0 aromatic heterocycles. The molecule has 3 heterocycles. The lowest BCUT2D eigenvalue weighted by Gasteiger charge is -2.43. The van der Waals surface area contributed by atoms with Crippen LogP contribution in [0.15, 0.2) is 23.0 Å². The van der Waals surface area contributed by atoms with Crippen LogP contribution in [0.3, 0.4) is 0 Å². The Bertz CT molecular complexity index is 738. The van der Waals surface area contributed by atoms with Crippen molar-refractivity contribution >= 4 is 20.4 Å². The van der Waals surface area contributed by atoms with Gasteiger partial charge in [0.2, 0.25) is 8.32 Å². The lowest BCUT2D eigenvalue weighted by Crippen LogP contribution is -2.53. The molecule has 3 aliphatic rings. The summed E-state index contributed by atoms with van der Waals surface area (Å²) in [4.78, 5) is 27.1. The van der Waals surface area contributed by atoms with Gasteiger partial charge in [-0.05, 0) is 44.5 Å². The maximum absolute atomic E-state index is 12.8. The Hall–Kier alpha value is -1.76. The summed E-state index contributed by atoms with van der Waals surface area (Å²) in [6.07, 6.45) is 2.11. The van der Waals surface area contributed by atoms with Gasteiger partial charge >= 0.3 is 12.1 Å². The Kier molecular flexibility index (Phi) is 4.53. The second-order valence-corrected chi connectivity index (χ2v) is 14.8. The summed E-state index contributed by atoms with van der Waals surface area (Å²) in [6.45, 7) is 16.6. The van der Waals surface area contributed by atoms with Gasteiger partial charge in [0, 0.05) is 6.42 Å². The van der Waals surface area contributed by atoms with E-state index in [9.17, 15) is 9.59 Å². The van der Waals surface area contributed by atoms with Gasteiger partial charge in [-0.1, -0.05) is 26.8 Å². The van der Waals surface area contributed by atoms with Crippen molar-refractivity contribution in [1.82, 2.24) is 4.90 Å². The van der Waals surface area contributed by atoms with Crippen molar-refractivity contribution in [3.8, 4) is 0 Å². The van der Waals surface area contributed by atoms with Crippen LogP contribution in [0.4, 0.5) is 4.79 Å². The smallest absolute Gasteiger partial charge is 0.411 e. The first-order valence-corrected chi connectivity index (χ1v) is 12.4.